The third kappa shape index (κ3) is 4.67. The Bertz CT molecular complexity index is 740. The van der Waals surface area contributed by atoms with Gasteiger partial charge in [0, 0.05) is 49.8 Å². The molecular formula is C20H27N5O. The molecule has 0 bridgehead atoms. The average Bonchev–Trinajstić information content (AvgIpc) is 2.66. The number of primary amides is 1. The first-order chi connectivity index (χ1) is 12.6. The summed E-state index contributed by atoms with van der Waals surface area (Å²) in [6.07, 6.45) is 1.02. The number of hydrogen-bond donors (Lipinski definition) is 3. The van der Waals surface area contributed by atoms with Crippen LogP contribution in [0, 0.1) is 0 Å². The predicted molar refractivity (Wildman–Crippen MR) is 108 cm³/mol. The van der Waals surface area contributed by atoms with Crippen LogP contribution in [0.3, 0.4) is 0 Å². The Morgan fingerprint density at radius 3 is 2.54 bits per heavy atom. The van der Waals surface area contributed by atoms with Gasteiger partial charge >= 0.3 is 0 Å². The van der Waals surface area contributed by atoms with Crippen molar-refractivity contribution < 1.29 is 4.79 Å². The normalized spacial score (nSPS) is 15.0. The molecule has 6 heteroatoms. The molecule has 1 aliphatic heterocycles. The van der Waals surface area contributed by atoms with Crippen LogP contribution in [-0.4, -0.2) is 50.1 Å². The van der Waals surface area contributed by atoms with Crippen molar-refractivity contribution >= 4 is 23.0 Å². The van der Waals surface area contributed by atoms with Crippen molar-refractivity contribution in [1.29, 1.82) is 0 Å². The van der Waals surface area contributed by atoms with E-state index in [0.29, 0.717) is 5.56 Å². The SMILES string of the molecule is NC(=O)c1ccccc1NCCCN1CCN(c2cccc(N)c2)CC1. The summed E-state index contributed by atoms with van der Waals surface area (Å²) in [5.74, 6) is -0.397. The van der Waals surface area contributed by atoms with Gasteiger partial charge < -0.3 is 21.7 Å². The van der Waals surface area contributed by atoms with E-state index in [1.807, 2.05) is 36.4 Å². The van der Waals surface area contributed by atoms with E-state index in [2.05, 4.69) is 21.2 Å². The maximum absolute atomic E-state index is 11.4. The molecule has 0 radical (unpaired) electrons. The molecule has 1 heterocycles. The molecule has 3 rings (SSSR count). The highest BCUT2D eigenvalue weighted by Crippen LogP contribution is 2.19. The molecule has 2 aromatic carbocycles. The van der Waals surface area contributed by atoms with Crippen LogP contribution in [-0.2, 0) is 0 Å². The lowest BCUT2D eigenvalue weighted by Gasteiger charge is -2.36. The molecule has 26 heavy (non-hydrogen) atoms. The van der Waals surface area contributed by atoms with Crippen LogP contribution in [0.2, 0.25) is 0 Å². The van der Waals surface area contributed by atoms with Crippen LogP contribution in [0.4, 0.5) is 17.1 Å². The lowest BCUT2D eigenvalue weighted by molar-refractivity contribution is 0.100. The lowest BCUT2D eigenvalue weighted by Crippen LogP contribution is -2.46. The van der Waals surface area contributed by atoms with Crippen LogP contribution in [0.5, 0.6) is 0 Å². The van der Waals surface area contributed by atoms with Gasteiger partial charge in [0.1, 0.15) is 0 Å². The maximum atomic E-state index is 11.4. The minimum Gasteiger partial charge on any atom is -0.399 e. The van der Waals surface area contributed by atoms with Crippen molar-refractivity contribution in [2.75, 3.05) is 55.2 Å². The number of rotatable bonds is 7. The molecule has 1 amide bonds. The van der Waals surface area contributed by atoms with Gasteiger partial charge in [-0.05, 0) is 43.3 Å². The fraction of sp³-hybridized carbons (Fsp3) is 0.350. The molecule has 1 aliphatic rings. The number of carbonyl (C=O) groups is 1. The molecule has 0 unspecified atom stereocenters. The van der Waals surface area contributed by atoms with Gasteiger partial charge in [-0.15, -0.1) is 0 Å². The first-order valence-corrected chi connectivity index (χ1v) is 9.09. The molecule has 0 atom stereocenters. The summed E-state index contributed by atoms with van der Waals surface area (Å²) >= 11 is 0. The fourth-order valence-electron chi connectivity index (χ4n) is 3.33. The van der Waals surface area contributed by atoms with Crippen molar-refractivity contribution in [3.8, 4) is 0 Å². The summed E-state index contributed by atoms with van der Waals surface area (Å²) in [6.45, 7) is 5.98. The summed E-state index contributed by atoms with van der Waals surface area (Å²) in [6, 6.07) is 15.5. The van der Waals surface area contributed by atoms with Crippen LogP contribution in [0.1, 0.15) is 16.8 Å². The van der Waals surface area contributed by atoms with Crippen molar-refractivity contribution in [1.82, 2.24) is 4.90 Å². The topological polar surface area (TPSA) is 87.6 Å². The molecule has 138 valence electrons. The number of nitrogen functional groups attached to an aromatic ring is 1. The Morgan fingerprint density at radius 2 is 1.81 bits per heavy atom. The molecule has 0 saturated carbocycles. The number of nitrogens with two attached hydrogens (primary N) is 2. The Kier molecular flexibility index (Phi) is 5.96. The number of amides is 1. The zero-order valence-electron chi connectivity index (χ0n) is 15.0. The summed E-state index contributed by atoms with van der Waals surface area (Å²) in [5, 5.41) is 3.32. The lowest BCUT2D eigenvalue weighted by atomic mass is 10.1. The van der Waals surface area contributed by atoms with Crippen molar-refractivity contribution in [3.63, 3.8) is 0 Å². The Hall–Kier alpha value is -2.73. The number of piperazine rings is 1. The van der Waals surface area contributed by atoms with Crippen LogP contribution in [0.25, 0.3) is 0 Å². The van der Waals surface area contributed by atoms with E-state index >= 15 is 0 Å². The first kappa shape index (κ1) is 18.1. The van der Waals surface area contributed by atoms with Crippen LogP contribution >= 0.6 is 0 Å². The van der Waals surface area contributed by atoms with Crippen molar-refractivity contribution in [3.05, 3.63) is 54.1 Å². The zero-order chi connectivity index (χ0) is 18.4. The van der Waals surface area contributed by atoms with E-state index in [1.165, 1.54) is 5.69 Å². The van der Waals surface area contributed by atoms with Crippen LogP contribution < -0.4 is 21.7 Å². The molecule has 1 fully saturated rings. The number of nitrogens with one attached hydrogen (secondary N) is 1. The van der Waals surface area contributed by atoms with E-state index in [0.717, 1.165) is 57.1 Å². The van der Waals surface area contributed by atoms with E-state index in [4.69, 9.17) is 11.5 Å². The highest BCUT2D eigenvalue weighted by Gasteiger charge is 2.16. The van der Waals surface area contributed by atoms with Gasteiger partial charge in [-0.2, -0.15) is 0 Å². The van der Waals surface area contributed by atoms with Gasteiger partial charge in [0.15, 0.2) is 0 Å². The first-order valence-electron chi connectivity index (χ1n) is 9.09. The largest absolute Gasteiger partial charge is 0.399 e. The summed E-state index contributed by atoms with van der Waals surface area (Å²) in [4.78, 5) is 16.3. The predicted octanol–water partition coefficient (Wildman–Crippen LogP) is 1.99. The van der Waals surface area contributed by atoms with Crippen molar-refractivity contribution in [2.24, 2.45) is 5.73 Å². The van der Waals surface area contributed by atoms with E-state index in [-0.39, 0.29) is 0 Å². The quantitative estimate of drug-likeness (QED) is 0.523. The van der Waals surface area contributed by atoms with E-state index < -0.39 is 5.91 Å². The molecule has 0 aliphatic carbocycles. The summed E-state index contributed by atoms with van der Waals surface area (Å²) in [7, 11) is 0. The third-order valence-electron chi connectivity index (χ3n) is 4.77. The molecular weight excluding hydrogens is 326 g/mol. The number of hydrogen-bond acceptors (Lipinski definition) is 5. The summed E-state index contributed by atoms with van der Waals surface area (Å²) < 4.78 is 0. The third-order valence-corrected chi connectivity index (χ3v) is 4.77. The number of benzene rings is 2. The second-order valence-corrected chi connectivity index (χ2v) is 6.61. The molecule has 2 aromatic rings. The van der Waals surface area contributed by atoms with Crippen molar-refractivity contribution in [2.45, 2.75) is 6.42 Å². The van der Waals surface area contributed by atoms with Gasteiger partial charge in [-0.1, -0.05) is 18.2 Å². The standard InChI is InChI=1S/C20H27N5O/c21-16-5-3-6-17(15-16)25-13-11-24(12-14-25)10-4-9-23-19-8-2-1-7-18(19)20(22)26/h1-3,5-8,15,23H,4,9-14,21H2,(H2,22,26). The molecule has 0 aromatic heterocycles. The van der Waals surface area contributed by atoms with Gasteiger partial charge in [0.2, 0.25) is 0 Å². The Labute approximate surface area is 154 Å². The highest BCUT2D eigenvalue weighted by molar-refractivity contribution is 5.98. The molecule has 6 nitrogen and oxygen atoms in total. The average molecular weight is 353 g/mol. The molecule has 0 spiro atoms. The minimum absolute atomic E-state index is 0.397. The number of carbonyl (C=O) groups excluding carboxylic acids is 1. The Morgan fingerprint density at radius 1 is 1.04 bits per heavy atom. The van der Waals surface area contributed by atoms with E-state index in [9.17, 15) is 4.79 Å². The number of nitrogens with zero attached hydrogens (tertiary/aromatic N) is 2. The summed E-state index contributed by atoms with van der Waals surface area (Å²) in [5.41, 5.74) is 14.7. The minimum atomic E-state index is -0.397. The van der Waals surface area contributed by atoms with Gasteiger partial charge in [-0.25, -0.2) is 0 Å². The molecule has 1 saturated heterocycles. The maximum Gasteiger partial charge on any atom is 0.250 e. The van der Waals surface area contributed by atoms with Gasteiger partial charge in [0.05, 0.1) is 5.56 Å². The second kappa shape index (κ2) is 8.58. The van der Waals surface area contributed by atoms with Gasteiger partial charge in [0.25, 0.3) is 5.91 Å². The smallest absolute Gasteiger partial charge is 0.250 e. The number of anilines is 3. The number of para-hydroxylation sites is 1. The highest BCUT2D eigenvalue weighted by atomic mass is 16.1. The second-order valence-electron chi connectivity index (χ2n) is 6.61. The van der Waals surface area contributed by atoms with Crippen LogP contribution in [0.15, 0.2) is 48.5 Å². The fourth-order valence-corrected chi connectivity index (χ4v) is 3.33. The monoisotopic (exact) mass is 353 g/mol. The zero-order valence-corrected chi connectivity index (χ0v) is 15.0. The molecule has 5 N–H and O–H groups in total. The Balaban J connectivity index is 1.40. The van der Waals surface area contributed by atoms with E-state index in [1.54, 1.807) is 6.07 Å². The van der Waals surface area contributed by atoms with Gasteiger partial charge in [-0.3, -0.25) is 9.69 Å².